The molecule has 0 bridgehead atoms. The minimum atomic E-state index is -1.64. The molecule has 0 heterocycles. The van der Waals surface area contributed by atoms with Crippen LogP contribution in [0.2, 0.25) is 0 Å². The van der Waals surface area contributed by atoms with Gasteiger partial charge in [0.25, 0.3) is 0 Å². The summed E-state index contributed by atoms with van der Waals surface area (Å²) in [6.45, 7) is 0. The lowest BCUT2D eigenvalue weighted by atomic mass is 9.98. The summed E-state index contributed by atoms with van der Waals surface area (Å²) >= 11 is 17.3. The third-order valence-electron chi connectivity index (χ3n) is 2.66. The largest absolute Gasteiger partial charge is 0.478 e. The first-order chi connectivity index (χ1) is 8.89. The van der Waals surface area contributed by atoms with E-state index in [9.17, 15) is 9.90 Å². The Balaban J connectivity index is 0.00000200. The third-order valence-corrected chi connectivity index (χ3v) is 3.32. The Bertz CT molecular complexity index is 606. The van der Waals surface area contributed by atoms with Gasteiger partial charge in [-0.05, 0) is 17.2 Å². The van der Waals surface area contributed by atoms with E-state index in [1.807, 2.05) is 30.3 Å². The van der Waals surface area contributed by atoms with Crippen molar-refractivity contribution < 1.29 is 9.90 Å². The molecule has 106 valence electrons. The van der Waals surface area contributed by atoms with Gasteiger partial charge < -0.3 is 5.11 Å². The summed E-state index contributed by atoms with van der Waals surface area (Å²) < 4.78 is -1.64. The highest BCUT2D eigenvalue weighted by Gasteiger charge is 2.25. The van der Waals surface area contributed by atoms with E-state index in [1.165, 1.54) is 6.07 Å². The number of halogens is 4. The average Bonchev–Trinajstić information content (AvgIpc) is 2.38. The summed E-state index contributed by atoms with van der Waals surface area (Å²) in [5.74, 6) is -1.06. The van der Waals surface area contributed by atoms with E-state index in [0.717, 1.165) is 5.56 Å². The standard InChI is InChI=1S/C14H9Cl3O2.ClH/c15-14(16,17)10-6-7-11(12(8-10)13(18)19)9-4-2-1-3-5-9;/h1-8H,(H,18,19);1H. The van der Waals surface area contributed by atoms with Gasteiger partial charge in [0.05, 0.1) is 5.56 Å². The zero-order valence-corrected chi connectivity index (χ0v) is 13.1. The predicted molar refractivity (Wildman–Crippen MR) is 85.3 cm³/mol. The van der Waals surface area contributed by atoms with Gasteiger partial charge in [0.2, 0.25) is 3.79 Å². The second-order valence-electron chi connectivity index (χ2n) is 3.93. The van der Waals surface area contributed by atoms with Crippen molar-refractivity contribution in [2.45, 2.75) is 3.79 Å². The molecule has 2 nitrogen and oxygen atoms in total. The fraction of sp³-hybridized carbons (Fsp3) is 0.0714. The Kier molecular flexibility index (Phi) is 5.72. The fourth-order valence-corrected chi connectivity index (χ4v) is 2.12. The number of carboxylic acids is 1. The number of hydrogen-bond acceptors (Lipinski definition) is 1. The van der Waals surface area contributed by atoms with Crippen molar-refractivity contribution in [3.8, 4) is 11.1 Å². The van der Waals surface area contributed by atoms with Gasteiger partial charge in [-0.2, -0.15) is 0 Å². The Morgan fingerprint density at radius 2 is 1.60 bits per heavy atom. The molecule has 0 radical (unpaired) electrons. The molecule has 0 atom stereocenters. The number of hydrogen-bond donors (Lipinski definition) is 1. The van der Waals surface area contributed by atoms with Crippen LogP contribution < -0.4 is 0 Å². The molecule has 2 aromatic carbocycles. The summed E-state index contributed by atoms with van der Waals surface area (Å²) in [6, 6.07) is 13.8. The Hall–Kier alpha value is -0.930. The lowest BCUT2D eigenvalue weighted by Gasteiger charge is -2.14. The van der Waals surface area contributed by atoms with Gasteiger partial charge in [-0.25, -0.2) is 4.79 Å². The van der Waals surface area contributed by atoms with E-state index in [2.05, 4.69) is 0 Å². The Labute approximate surface area is 137 Å². The van der Waals surface area contributed by atoms with Gasteiger partial charge in [-0.3, -0.25) is 0 Å². The smallest absolute Gasteiger partial charge is 0.336 e. The maximum Gasteiger partial charge on any atom is 0.336 e. The van der Waals surface area contributed by atoms with Gasteiger partial charge in [-0.15, -0.1) is 12.4 Å². The molecule has 0 aliphatic heterocycles. The number of carbonyl (C=O) groups is 1. The maximum atomic E-state index is 11.3. The molecule has 0 aromatic heterocycles. The summed E-state index contributed by atoms with van der Waals surface area (Å²) in [4.78, 5) is 11.3. The SMILES string of the molecule is Cl.O=C(O)c1cc(C(Cl)(Cl)Cl)ccc1-c1ccccc1. The van der Waals surface area contributed by atoms with E-state index < -0.39 is 9.76 Å². The molecule has 2 rings (SSSR count). The highest BCUT2D eigenvalue weighted by atomic mass is 35.6. The number of rotatable bonds is 2. The third kappa shape index (κ3) is 3.80. The van der Waals surface area contributed by atoms with Crippen molar-refractivity contribution >= 4 is 53.2 Å². The predicted octanol–water partition coefficient (Wildman–Crippen LogP) is 5.30. The van der Waals surface area contributed by atoms with E-state index in [-0.39, 0.29) is 18.0 Å². The molecule has 0 fully saturated rings. The van der Waals surface area contributed by atoms with Crippen LogP contribution in [0.3, 0.4) is 0 Å². The summed E-state index contributed by atoms with van der Waals surface area (Å²) in [7, 11) is 0. The topological polar surface area (TPSA) is 37.3 Å². The number of aromatic carboxylic acids is 1. The first-order valence-electron chi connectivity index (χ1n) is 5.39. The Morgan fingerprint density at radius 3 is 2.10 bits per heavy atom. The lowest BCUT2D eigenvalue weighted by molar-refractivity contribution is 0.0697. The second-order valence-corrected chi connectivity index (χ2v) is 6.21. The van der Waals surface area contributed by atoms with Gasteiger partial charge in [0.15, 0.2) is 0 Å². The number of carboxylic acid groups (broad SMARTS) is 1. The molecule has 0 unspecified atom stereocenters. The van der Waals surface area contributed by atoms with Crippen LogP contribution in [0, 0.1) is 0 Å². The van der Waals surface area contributed by atoms with Crippen LogP contribution in [-0.4, -0.2) is 11.1 Å². The normalized spacial score (nSPS) is 10.8. The molecule has 0 aliphatic carbocycles. The van der Waals surface area contributed by atoms with E-state index in [0.29, 0.717) is 11.1 Å². The van der Waals surface area contributed by atoms with Gasteiger partial charge in [0, 0.05) is 5.56 Å². The van der Waals surface area contributed by atoms with Crippen LogP contribution in [0.25, 0.3) is 11.1 Å². The average molecular weight is 352 g/mol. The van der Waals surface area contributed by atoms with Crippen LogP contribution in [0.1, 0.15) is 15.9 Å². The van der Waals surface area contributed by atoms with Crippen molar-refractivity contribution in [2.24, 2.45) is 0 Å². The zero-order valence-electron chi connectivity index (χ0n) is 10.0. The summed E-state index contributed by atoms with van der Waals surface area (Å²) in [5.41, 5.74) is 1.83. The minimum Gasteiger partial charge on any atom is -0.478 e. The van der Waals surface area contributed by atoms with Gasteiger partial charge >= 0.3 is 5.97 Å². The van der Waals surface area contributed by atoms with Crippen molar-refractivity contribution in [3.63, 3.8) is 0 Å². The van der Waals surface area contributed by atoms with Gasteiger partial charge in [0.1, 0.15) is 0 Å². The highest BCUT2D eigenvalue weighted by molar-refractivity contribution is 6.66. The molecular formula is C14H10Cl4O2. The fourth-order valence-electron chi connectivity index (χ4n) is 1.77. The van der Waals surface area contributed by atoms with Crippen molar-refractivity contribution in [1.29, 1.82) is 0 Å². The van der Waals surface area contributed by atoms with Crippen molar-refractivity contribution in [1.82, 2.24) is 0 Å². The monoisotopic (exact) mass is 350 g/mol. The van der Waals surface area contributed by atoms with Gasteiger partial charge in [-0.1, -0.05) is 77.3 Å². The second kappa shape index (κ2) is 6.68. The lowest BCUT2D eigenvalue weighted by Crippen LogP contribution is -2.06. The molecular weight excluding hydrogens is 342 g/mol. The molecule has 2 aromatic rings. The van der Waals surface area contributed by atoms with Crippen LogP contribution in [0.5, 0.6) is 0 Å². The first-order valence-corrected chi connectivity index (χ1v) is 6.53. The molecule has 0 aliphatic rings. The maximum absolute atomic E-state index is 11.3. The quantitative estimate of drug-likeness (QED) is 0.745. The minimum absolute atomic E-state index is 0. The molecule has 6 heteroatoms. The van der Waals surface area contributed by atoms with E-state index >= 15 is 0 Å². The molecule has 0 amide bonds. The first kappa shape index (κ1) is 17.1. The molecule has 0 saturated carbocycles. The number of alkyl halides is 3. The van der Waals surface area contributed by atoms with Crippen molar-refractivity contribution in [2.75, 3.05) is 0 Å². The molecule has 0 saturated heterocycles. The van der Waals surface area contributed by atoms with Crippen LogP contribution >= 0.6 is 47.2 Å². The van der Waals surface area contributed by atoms with Crippen LogP contribution in [-0.2, 0) is 3.79 Å². The Morgan fingerprint density at radius 1 is 1.00 bits per heavy atom. The number of benzene rings is 2. The molecule has 1 N–H and O–H groups in total. The molecule has 20 heavy (non-hydrogen) atoms. The van der Waals surface area contributed by atoms with E-state index in [1.54, 1.807) is 12.1 Å². The summed E-state index contributed by atoms with van der Waals surface area (Å²) in [6.07, 6.45) is 0. The molecule has 0 spiro atoms. The highest BCUT2D eigenvalue weighted by Crippen LogP contribution is 2.39. The van der Waals surface area contributed by atoms with Crippen molar-refractivity contribution in [3.05, 3.63) is 59.7 Å². The van der Waals surface area contributed by atoms with Crippen LogP contribution in [0.15, 0.2) is 48.5 Å². The van der Waals surface area contributed by atoms with E-state index in [4.69, 9.17) is 34.8 Å². The zero-order chi connectivity index (χ0) is 14.0. The van der Waals surface area contributed by atoms with Crippen LogP contribution in [0.4, 0.5) is 0 Å². The summed E-state index contributed by atoms with van der Waals surface area (Å²) in [5, 5.41) is 9.29.